The summed E-state index contributed by atoms with van der Waals surface area (Å²) in [6.07, 6.45) is 2.68. The van der Waals surface area contributed by atoms with Crippen LogP contribution in [0.2, 0.25) is 0 Å². The zero-order valence-electron chi connectivity index (χ0n) is 14.0. The number of pyridine rings is 1. The number of carbonyl (C=O) groups is 3. The number of hydrogen-bond donors (Lipinski definition) is 0. The second-order valence-corrected chi connectivity index (χ2v) is 7.66. The first-order valence-corrected chi connectivity index (χ1v) is 10.2. The van der Waals surface area contributed by atoms with Crippen molar-refractivity contribution in [2.45, 2.75) is 36.1 Å². The third kappa shape index (κ3) is 4.25. The van der Waals surface area contributed by atoms with Crippen molar-refractivity contribution < 1.29 is 19.2 Å². The molecule has 1 aliphatic heterocycles. The molecule has 1 aromatic carbocycles. The molecule has 2 heterocycles. The molecular formula is C18H16N2O4S2. The topological polar surface area (TPSA) is 76.6 Å². The van der Waals surface area contributed by atoms with Crippen LogP contribution in [0.3, 0.4) is 0 Å². The molecule has 2 amide bonds. The average Bonchev–Trinajstić information content (AvgIpc) is 2.99. The van der Waals surface area contributed by atoms with Crippen molar-refractivity contribution in [2.75, 3.05) is 0 Å². The molecule has 2 aromatic rings. The maximum absolute atomic E-state index is 12.3. The predicted molar refractivity (Wildman–Crippen MR) is 98.3 cm³/mol. The molecule has 1 aliphatic rings. The summed E-state index contributed by atoms with van der Waals surface area (Å²) in [6, 6.07) is 10.9. The second-order valence-electron chi connectivity index (χ2n) is 5.47. The largest absolute Gasteiger partial charge is 0.363 e. The van der Waals surface area contributed by atoms with E-state index in [0.717, 1.165) is 21.9 Å². The molecule has 0 aliphatic carbocycles. The minimum Gasteiger partial charge on any atom is -0.325 e. The Morgan fingerprint density at radius 1 is 1.15 bits per heavy atom. The number of benzene rings is 1. The third-order valence-electron chi connectivity index (χ3n) is 3.72. The van der Waals surface area contributed by atoms with Crippen LogP contribution in [0, 0.1) is 0 Å². The monoisotopic (exact) mass is 388 g/mol. The highest BCUT2D eigenvalue weighted by molar-refractivity contribution is 8.76. The summed E-state index contributed by atoms with van der Waals surface area (Å²) in [5.41, 5.74) is 1.38. The number of amides is 2. The van der Waals surface area contributed by atoms with Gasteiger partial charge in [0.15, 0.2) is 0 Å². The summed E-state index contributed by atoms with van der Waals surface area (Å²) in [5, 5.41) is 1.42. The van der Waals surface area contributed by atoms with E-state index >= 15 is 0 Å². The molecule has 0 N–H and O–H groups in total. The summed E-state index contributed by atoms with van der Waals surface area (Å²) >= 11 is 0. The lowest BCUT2D eigenvalue weighted by Gasteiger charge is -2.14. The van der Waals surface area contributed by atoms with Crippen LogP contribution in [0.25, 0.3) is 0 Å². The SMILES string of the molecule is CCc1ccc(C(=O)ON2C(=O)CCC2=O)cc1SSc1ccccn1. The van der Waals surface area contributed by atoms with Gasteiger partial charge in [-0.1, -0.05) is 29.9 Å². The Morgan fingerprint density at radius 3 is 2.58 bits per heavy atom. The number of hydroxylamine groups is 2. The Morgan fingerprint density at radius 2 is 1.92 bits per heavy atom. The predicted octanol–water partition coefficient (Wildman–Crippen LogP) is 3.66. The zero-order valence-corrected chi connectivity index (χ0v) is 15.6. The van der Waals surface area contributed by atoms with Gasteiger partial charge in [0.1, 0.15) is 5.03 Å². The van der Waals surface area contributed by atoms with E-state index in [1.165, 1.54) is 21.6 Å². The maximum Gasteiger partial charge on any atom is 0.363 e. The van der Waals surface area contributed by atoms with Gasteiger partial charge in [0.25, 0.3) is 11.8 Å². The number of rotatable bonds is 6. The van der Waals surface area contributed by atoms with Crippen LogP contribution in [0.1, 0.15) is 35.7 Å². The molecule has 1 saturated heterocycles. The first-order chi connectivity index (χ1) is 12.6. The minimum absolute atomic E-state index is 0.0721. The molecule has 3 rings (SSSR count). The number of imide groups is 1. The van der Waals surface area contributed by atoms with E-state index in [2.05, 4.69) is 4.98 Å². The second kappa shape index (κ2) is 8.37. The van der Waals surface area contributed by atoms with Gasteiger partial charge in [-0.2, -0.15) is 0 Å². The molecule has 0 saturated carbocycles. The van der Waals surface area contributed by atoms with Crippen molar-refractivity contribution >= 4 is 39.4 Å². The Hall–Kier alpha value is -2.32. The molecule has 0 unspecified atom stereocenters. The van der Waals surface area contributed by atoms with Crippen LogP contribution < -0.4 is 0 Å². The molecule has 1 aromatic heterocycles. The number of carbonyl (C=O) groups excluding carboxylic acids is 3. The first-order valence-electron chi connectivity index (χ1n) is 8.05. The van der Waals surface area contributed by atoms with Crippen molar-refractivity contribution in [2.24, 2.45) is 0 Å². The summed E-state index contributed by atoms with van der Waals surface area (Å²) < 4.78 is 0. The highest BCUT2D eigenvalue weighted by Crippen LogP contribution is 2.38. The quantitative estimate of drug-likeness (QED) is 0.552. The molecule has 1 fully saturated rings. The van der Waals surface area contributed by atoms with Gasteiger partial charge in [0, 0.05) is 23.9 Å². The van der Waals surface area contributed by atoms with Gasteiger partial charge in [-0.25, -0.2) is 9.78 Å². The highest BCUT2D eigenvalue weighted by Gasteiger charge is 2.33. The van der Waals surface area contributed by atoms with Gasteiger partial charge in [-0.15, -0.1) is 5.06 Å². The van der Waals surface area contributed by atoms with Crippen molar-refractivity contribution in [3.63, 3.8) is 0 Å². The average molecular weight is 388 g/mol. The van der Waals surface area contributed by atoms with E-state index in [1.54, 1.807) is 18.3 Å². The van der Waals surface area contributed by atoms with Crippen molar-refractivity contribution in [1.29, 1.82) is 0 Å². The van der Waals surface area contributed by atoms with Gasteiger partial charge in [-0.05, 0) is 47.0 Å². The van der Waals surface area contributed by atoms with Gasteiger partial charge in [0.05, 0.1) is 5.56 Å². The number of aromatic nitrogens is 1. The van der Waals surface area contributed by atoms with E-state index in [1.807, 2.05) is 31.2 Å². The molecule has 0 bridgehead atoms. The molecule has 0 spiro atoms. The van der Waals surface area contributed by atoms with Crippen LogP contribution in [-0.2, 0) is 20.8 Å². The summed E-state index contributed by atoms with van der Waals surface area (Å²) in [6.45, 7) is 2.03. The molecule has 0 atom stereocenters. The van der Waals surface area contributed by atoms with Crippen LogP contribution in [0.4, 0.5) is 0 Å². The lowest BCUT2D eigenvalue weighted by Crippen LogP contribution is -2.32. The van der Waals surface area contributed by atoms with Gasteiger partial charge in [0.2, 0.25) is 0 Å². The van der Waals surface area contributed by atoms with E-state index in [4.69, 9.17) is 4.84 Å². The first kappa shape index (κ1) is 18.5. The van der Waals surface area contributed by atoms with Crippen molar-refractivity contribution in [1.82, 2.24) is 10.0 Å². The third-order valence-corrected chi connectivity index (χ3v) is 6.07. The van der Waals surface area contributed by atoms with Crippen molar-refractivity contribution in [3.05, 3.63) is 53.7 Å². The van der Waals surface area contributed by atoms with Gasteiger partial charge < -0.3 is 4.84 Å². The normalized spacial score (nSPS) is 14.0. The summed E-state index contributed by atoms with van der Waals surface area (Å²) in [5.74, 6) is -1.70. The number of aryl methyl sites for hydroxylation is 1. The van der Waals surface area contributed by atoms with Crippen LogP contribution >= 0.6 is 21.6 Å². The lowest BCUT2D eigenvalue weighted by molar-refractivity contribution is -0.172. The van der Waals surface area contributed by atoms with E-state index in [9.17, 15) is 14.4 Å². The van der Waals surface area contributed by atoms with E-state index in [0.29, 0.717) is 10.6 Å². The smallest absolute Gasteiger partial charge is 0.325 e. The standard InChI is InChI=1S/C18H16N2O4S2/c1-2-12-6-7-13(18(23)24-20-16(21)8-9-17(20)22)11-14(12)25-26-15-5-3-4-10-19-15/h3-7,10-11H,2,8-9H2,1H3. The molecular weight excluding hydrogens is 372 g/mol. The van der Waals surface area contributed by atoms with Crippen LogP contribution in [-0.4, -0.2) is 27.8 Å². The van der Waals surface area contributed by atoms with E-state index in [-0.39, 0.29) is 12.8 Å². The van der Waals surface area contributed by atoms with Crippen molar-refractivity contribution in [3.8, 4) is 0 Å². The lowest BCUT2D eigenvalue weighted by atomic mass is 10.1. The molecule has 26 heavy (non-hydrogen) atoms. The fourth-order valence-corrected chi connectivity index (χ4v) is 4.52. The fourth-order valence-electron chi connectivity index (χ4n) is 2.33. The Bertz CT molecular complexity index is 826. The molecule has 6 nitrogen and oxygen atoms in total. The Labute approximate surface area is 158 Å². The number of nitrogens with zero attached hydrogens (tertiary/aromatic N) is 2. The molecule has 8 heteroatoms. The number of hydrogen-bond acceptors (Lipinski definition) is 7. The zero-order chi connectivity index (χ0) is 18.5. The molecule has 0 radical (unpaired) electrons. The van der Waals surface area contributed by atoms with Gasteiger partial charge >= 0.3 is 5.97 Å². The van der Waals surface area contributed by atoms with Crippen LogP contribution in [0.5, 0.6) is 0 Å². The maximum atomic E-state index is 12.3. The minimum atomic E-state index is -0.721. The fraction of sp³-hybridized carbons (Fsp3) is 0.222. The highest BCUT2D eigenvalue weighted by atomic mass is 33.1. The van der Waals surface area contributed by atoms with Gasteiger partial charge in [-0.3, -0.25) is 9.59 Å². The Balaban J connectivity index is 1.74. The summed E-state index contributed by atoms with van der Waals surface area (Å²) in [4.78, 5) is 45.7. The van der Waals surface area contributed by atoms with Crippen LogP contribution in [0.15, 0.2) is 52.5 Å². The Kier molecular flexibility index (Phi) is 5.95. The summed E-state index contributed by atoms with van der Waals surface area (Å²) in [7, 11) is 2.99. The molecule has 134 valence electrons. The van der Waals surface area contributed by atoms with E-state index < -0.39 is 17.8 Å².